The molecule has 6 nitrogen and oxygen atoms in total. The van der Waals surface area contributed by atoms with Crippen molar-refractivity contribution in [2.45, 2.75) is 53.1 Å². The number of aliphatic carboxylic acids is 1. The Morgan fingerprint density at radius 1 is 1.43 bits per heavy atom. The SMILES string of the molecule is CC(C)Oc1ccnc(NCCC(C)(C)CCC(=O)O)n1. The van der Waals surface area contributed by atoms with Gasteiger partial charge in [-0.2, -0.15) is 4.98 Å². The van der Waals surface area contributed by atoms with E-state index in [1.165, 1.54) is 0 Å². The molecule has 0 fully saturated rings. The second-order valence-corrected chi connectivity index (χ2v) is 6.12. The summed E-state index contributed by atoms with van der Waals surface area (Å²) in [6.45, 7) is 8.71. The van der Waals surface area contributed by atoms with Crippen molar-refractivity contribution in [3.05, 3.63) is 12.3 Å². The Kier molecular flexibility index (Phi) is 6.39. The number of carboxylic acid groups (broad SMARTS) is 1. The van der Waals surface area contributed by atoms with Crippen molar-refractivity contribution in [3.8, 4) is 5.88 Å². The Balaban J connectivity index is 2.42. The molecule has 0 aliphatic carbocycles. The molecule has 0 aromatic carbocycles. The van der Waals surface area contributed by atoms with Gasteiger partial charge in [0.25, 0.3) is 0 Å². The van der Waals surface area contributed by atoms with E-state index in [2.05, 4.69) is 29.1 Å². The van der Waals surface area contributed by atoms with Gasteiger partial charge in [-0.3, -0.25) is 4.79 Å². The maximum absolute atomic E-state index is 10.6. The van der Waals surface area contributed by atoms with E-state index < -0.39 is 5.97 Å². The minimum absolute atomic E-state index is 0.0303. The van der Waals surface area contributed by atoms with Crippen LogP contribution in [0.25, 0.3) is 0 Å². The third kappa shape index (κ3) is 7.48. The molecule has 0 unspecified atom stereocenters. The van der Waals surface area contributed by atoms with Crippen molar-refractivity contribution in [2.24, 2.45) is 5.41 Å². The molecule has 0 aliphatic rings. The first-order valence-corrected chi connectivity index (χ1v) is 7.24. The summed E-state index contributed by atoms with van der Waals surface area (Å²) in [7, 11) is 0. The zero-order chi connectivity index (χ0) is 15.9. The van der Waals surface area contributed by atoms with Crippen molar-refractivity contribution in [3.63, 3.8) is 0 Å². The Morgan fingerprint density at radius 3 is 2.76 bits per heavy atom. The Morgan fingerprint density at radius 2 is 2.14 bits per heavy atom. The highest BCUT2D eigenvalue weighted by Gasteiger charge is 2.18. The lowest BCUT2D eigenvalue weighted by Crippen LogP contribution is -2.19. The molecule has 0 saturated carbocycles. The molecule has 0 amide bonds. The van der Waals surface area contributed by atoms with Crippen molar-refractivity contribution >= 4 is 11.9 Å². The smallest absolute Gasteiger partial charge is 0.303 e. The van der Waals surface area contributed by atoms with Gasteiger partial charge in [0.15, 0.2) is 0 Å². The summed E-state index contributed by atoms with van der Waals surface area (Å²) >= 11 is 0. The average molecular weight is 295 g/mol. The molecule has 1 heterocycles. The van der Waals surface area contributed by atoms with Crippen LogP contribution in [0.1, 0.15) is 47.0 Å². The summed E-state index contributed by atoms with van der Waals surface area (Å²) < 4.78 is 5.51. The highest BCUT2D eigenvalue weighted by molar-refractivity contribution is 5.66. The zero-order valence-corrected chi connectivity index (χ0v) is 13.2. The van der Waals surface area contributed by atoms with Gasteiger partial charge in [-0.25, -0.2) is 4.98 Å². The van der Waals surface area contributed by atoms with Crippen molar-refractivity contribution in [2.75, 3.05) is 11.9 Å². The van der Waals surface area contributed by atoms with Crippen LogP contribution in [0.4, 0.5) is 5.95 Å². The van der Waals surface area contributed by atoms with Gasteiger partial charge in [0.05, 0.1) is 6.10 Å². The van der Waals surface area contributed by atoms with Crippen LogP contribution >= 0.6 is 0 Å². The predicted octanol–water partition coefficient (Wildman–Crippen LogP) is 2.96. The number of anilines is 1. The first kappa shape index (κ1) is 17.2. The van der Waals surface area contributed by atoms with Crippen LogP contribution in [-0.2, 0) is 4.79 Å². The Labute approximate surface area is 126 Å². The van der Waals surface area contributed by atoms with Gasteiger partial charge in [-0.15, -0.1) is 0 Å². The zero-order valence-electron chi connectivity index (χ0n) is 13.2. The van der Waals surface area contributed by atoms with Crippen LogP contribution in [0.3, 0.4) is 0 Å². The molecule has 0 aliphatic heterocycles. The molecule has 0 saturated heterocycles. The first-order valence-electron chi connectivity index (χ1n) is 7.24. The van der Waals surface area contributed by atoms with E-state index in [0.717, 1.165) is 6.42 Å². The molecule has 0 radical (unpaired) electrons. The molecular formula is C15H25N3O3. The van der Waals surface area contributed by atoms with Gasteiger partial charge >= 0.3 is 5.97 Å². The predicted molar refractivity (Wildman–Crippen MR) is 81.6 cm³/mol. The van der Waals surface area contributed by atoms with E-state index in [9.17, 15) is 4.79 Å². The van der Waals surface area contributed by atoms with E-state index >= 15 is 0 Å². The summed E-state index contributed by atoms with van der Waals surface area (Å²) in [5.41, 5.74) is -0.0303. The van der Waals surface area contributed by atoms with Crippen LogP contribution in [0.2, 0.25) is 0 Å². The highest BCUT2D eigenvalue weighted by Crippen LogP contribution is 2.26. The summed E-state index contributed by atoms with van der Waals surface area (Å²) in [4.78, 5) is 19.0. The van der Waals surface area contributed by atoms with Gasteiger partial charge in [-0.1, -0.05) is 13.8 Å². The molecule has 1 rings (SSSR count). The molecule has 1 aromatic rings. The number of hydrogen-bond donors (Lipinski definition) is 2. The number of rotatable bonds is 9. The molecule has 0 atom stereocenters. The lowest BCUT2D eigenvalue weighted by atomic mass is 9.84. The van der Waals surface area contributed by atoms with Gasteiger partial charge in [0.2, 0.25) is 11.8 Å². The quantitative estimate of drug-likeness (QED) is 0.728. The number of ether oxygens (including phenoxy) is 1. The first-order chi connectivity index (χ1) is 9.78. The standard InChI is InChI=1S/C15H25N3O3/c1-11(2)21-12-6-9-16-14(18-12)17-10-8-15(3,4)7-5-13(19)20/h6,9,11H,5,7-8,10H2,1-4H3,(H,19,20)(H,16,17,18). The second-order valence-electron chi connectivity index (χ2n) is 6.12. The van der Waals surface area contributed by atoms with Gasteiger partial charge in [0.1, 0.15) is 0 Å². The topological polar surface area (TPSA) is 84.3 Å². The molecule has 21 heavy (non-hydrogen) atoms. The maximum Gasteiger partial charge on any atom is 0.303 e. The van der Waals surface area contributed by atoms with Crippen LogP contribution in [0.15, 0.2) is 12.3 Å². The maximum atomic E-state index is 10.6. The highest BCUT2D eigenvalue weighted by atomic mass is 16.5. The Hall–Kier alpha value is -1.85. The number of carbonyl (C=O) groups is 1. The van der Waals surface area contributed by atoms with E-state index in [-0.39, 0.29) is 17.9 Å². The van der Waals surface area contributed by atoms with Crippen molar-refractivity contribution in [1.82, 2.24) is 9.97 Å². The lowest BCUT2D eigenvalue weighted by molar-refractivity contribution is -0.137. The van der Waals surface area contributed by atoms with Gasteiger partial charge in [-0.05, 0) is 32.1 Å². The van der Waals surface area contributed by atoms with E-state index in [1.54, 1.807) is 12.3 Å². The van der Waals surface area contributed by atoms with Gasteiger partial charge in [0, 0.05) is 25.2 Å². The molecule has 2 N–H and O–H groups in total. The summed E-state index contributed by atoms with van der Waals surface area (Å²) in [5.74, 6) is 0.327. The van der Waals surface area contributed by atoms with Crippen molar-refractivity contribution < 1.29 is 14.6 Å². The molecule has 1 aromatic heterocycles. The third-order valence-corrected chi connectivity index (χ3v) is 3.09. The van der Waals surface area contributed by atoms with E-state index in [4.69, 9.17) is 9.84 Å². The fourth-order valence-corrected chi connectivity index (χ4v) is 1.82. The monoisotopic (exact) mass is 295 g/mol. The molecule has 118 valence electrons. The summed E-state index contributed by atoms with van der Waals surface area (Å²) in [5, 5.41) is 11.9. The second kappa shape index (κ2) is 7.81. The summed E-state index contributed by atoms with van der Waals surface area (Å²) in [6.07, 6.45) is 3.42. The number of hydrogen-bond acceptors (Lipinski definition) is 5. The van der Waals surface area contributed by atoms with E-state index in [1.807, 2.05) is 13.8 Å². The molecule has 0 bridgehead atoms. The molecule has 0 spiro atoms. The number of aromatic nitrogens is 2. The largest absolute Gasteiger partial charge is 0.481 e. The van der Waals surface area contributed by atoms with Crippen LogP contribution < -0.4 is 10.1 Å². The molecular weight excluding hydrogens is 270 g/mol. The number of carboxylic acids is 1. The van der Waals surface area contributed by atoms with Gasteiger partial charge < -0.3 is 15.2 Å². The minimum atomic E-state index is -0.752. The summed E-state index contributed by atoms with van der Waals surface area (Å²) in [6, 6.07) is 1.72. The third-order valence-electron chi connectivity index (χ3n) is 3.09. The normalized spacial score (nSPS) is 11.5. The fraction of sp³-hybridized carbons (Fsp3) is 0.667. The van der Waals surface area contributed by atoms with Crippen molar-refractivity contribution in [1.29, 1.82) is 0 Å². The fourth-order valence-electron chi connectivity index (χ4n) is 1.82. The number of nitrogens with one attached hydrogen (secondary N) is 1. The minimum Gasteiger partial charge on any atom is -0.481 e. The van der Waals surface area contributed by atoms with Crippen LogP contribution in [-0.4, -0.2) is 33.7 Å². The van der Waals surface area contributed by atoms with Crippen LogP contribution in [0, 0.1) is 5.41 Å². The lowest BCUT2D eigenvalue weighted by Gasteiger charge is -2.23. The van der Waals surface area contributed by atoms with E-state index in [0.29, 0.717) is 24.8 Å². The molecule has 6 heteroatoms. The number of nitrogens with zero attached hydrogens (tertiary/aromatic N) is 2. The van der Waals surface area contributed by atoms with Crippen LogP contribution in [0.5, 0.6) is 5.88 Å². The Bertz CT molecular complexity index is 461. The average Bonchev–Trinajstić information content (AvgIpc) is 2.36.